The predicted molar refractivity (Wildman–Crippen MR) is 146 cm³/mol. The molecule has 1 amide bonds. The number of carbonyl (C=O) groups excluding carboxylic acids is 1. The van der Waals surface area contributed by atoms with Crippen LogP contribution in [-0.2, 0) is 0 Å². The molecular weight excluding hydrogens is 464 g/mol. The van der Waals surface area contributed by atoms with Gasteiger partial charge in [-0.25, -0.2) is 9.50 Å². The van der Waals surface area contributed by atoms with Crippen molar-refractivity contribution in [1.29, 1.82) is 0 Å². The van der Waals surface area contributed by atoms with Crippen LogP contribution in [0.25, 0.3) is 16.8 Å². The van der Waals surface area contributed by atoms with Crippen molar-refractivity contribution in [2.75, 3.05) is 32.1 Å². The highest BCUT2D eigenvalue weighted by atomic mass is 16.3. The quantitative estimate of drug-likeness (QED) is 0.322. The lowest BCUT2D eigenvalue weighted by molar-refractivity contribution is 0.0951. The summed E-state index contributed by atoms with van der Waals surface area (Å²) in [4.78, 5) is 21.7. The van der Waals surface area contributed by atoms with Gasteiger partial charge in [0.05, 0.1) is 6.20 Å². The van der Waals surface area contributed by atoms with Crippen LogP contribution in [0, 0.1) is 0 Å². The summed E-state index contributed by atoms with van der Waals surface area (Å²) < 4.78 is 1.72. The zero-order valence-corrected chi connectivity index (χ0v) is 20.7. The monoisotopic (exact) mass is 492 g/mol. The van der Waals surface area contributed by atoms with Crippen LogP contribution < -0.4 is 10.2 Å². The lowest BCUT2D eigenvalue weighted by atomic mass is 10.1. The number of amides is 1. The fraction of sp³-hybridized carbons (Fsp3) is 0.138. The van der Waals surface area contributed by atoms with E-state index in [4.69, 9.17) is 4.98 Å². The van der Waals surface area contributed by atoms with E-state index < -0.39 is 0 Å². The van der Waals surface area contributed by atoms with Crippen LogP contribution in [0.2, 0.25) is 0 Å². The summed E-state index contributed by atoms with van der Waals surface area (Å²) in [6.45, 7) is 1.34. The number of phenolic OH excluding ortho intramolecular Hbond substituents is 1. The maximum absolute atomic E-state index is 12.7. The smallest absolute Gasteiger partial charge is 0.251 e. The van der Waals surface area contributed by atoms with E-state index in [0.29, 0.717) is 23.6 Å². The van der Waals surface area contributed by atoms with Gasteiger partial charge in [0.15, 0.2) is 5.65 Å². The van der Waals surface area contributed by atoms with E-state index in [1.54, 1.807) is 28.9 Å². The second-order valence-electron chi connectivity index (χ2n) is 8.94. The topological polar surface area (TPSA) is 86.0 Å². The van der Waals surface area contributed by atoms with E-state index in [1.807, 2.05) is 96.8 Å². The summed E-state index contributed by atoms with van der Waals surface area (Å²) in [5.74, 6) is 0.781. The largest absolute Gasteiger partial charge is 0.508 e. The van der Waals surface area contributed by atoms with Gasteiger partial charge in [-0.3, -0.25) is 9.69 Å². The molecule has 0 fully saturated rings. The van der Waals surface area contributed by atoms with Gasteiger partial charge in [0.2, 0.25) is 0 Å². The number of benzene rings is 3. The molecule has 8 heteroatoms. The summed E-state index contributed by atoms with van der Waals surface area (Å²) >= 11 is 0. The Balaban J connectivity index is 1.53. The number of anilines is 3. The Morgan fingerprint density at radius 1 is 0.946 bits per heavy atom. The van der Waals surface area contributed by atoms with Gasteiger partial charge in [-0.2, -0.15) is 5.10 Å². The number of carbonyl (C=O) groups is 1. The minimum Gasteiger partial charge on any atom is -0.508 e. The van der Waals surface area contributed by atoms with Crippen LogP contribution in [0.5, 0.6) is 5.75 Å². The highest BCUT2D eigenvalue weighted by Crippen LogP contribution is 2.35. The van der Waals surface area contributed by atoms with Crippen molar-refractivity contribution in [3.63, 3.8) is 0 Å². The minimum absolute atomic E-state index is 0.114. The van der Waals surface area contributed by atoms with E-state index in [-0.39, 0.29) is 11.7 Å². The Kier molecular flexibility index (Phi) is 6.83. The van der Waals surface area contributed by atoms with Crippen molar-refractivity contribution >= 4 is 28.7 Å². The lowest BCUT2D eigenvalue weighted by Crippen LogP contribution is -2.31. The summed E-state index contributed by atoms with van der Waals surface area (Å²) in [7, 11) is 3.94. The lowest BCUT2D eigenvalue weighted by Gasteiger charge is -2.24. The summed E-state index contributed by atoms with van der Waals surface area (Å²) in [5.41, 5.74) is 4.73. The van der Waals surface area contributed by atoms with Gasteiger partial charge in [0.25, 0.3) is 5.91 Å². The predicted octanol–water partition coefficient (Wildman–Crippen LogP) is 4.86. The Labute approximate surface area is 215 Å². The van der Waals surface area contributed by atoms with Gasteiger partial charge in [-0.15, -0.1) is 0 Å². The fourth-order valence-corrected chi connectivity index (χ4v) is 4.10. The van der Waals surface area contributed by atoms with Gasteiger partial charge >= 0.3 is 0 Å². The number of para-hydroxylation sites is 1. The van der Waals surface area contributed by atoms with Crippen molar-refractivity contribution in [3.8, 4) is 16.9 Å². The number of likely N-dealkylation sites (N-methyl/N-ethyl adjacent to an activating group) is 1. The van der Waals surface area contributed by atoms with Crippen molar-refractivity contribution in [2.45, 2.75) is 0 Å². The number of fused-ring (bicyclic) bond motifs is 1. The second-order valence-corrected chi connectivity index (χ2v) is 8.94. The number of hydrogen-bond acceptors (Lipinski definition) is 6. The molecule has 0 saturated carbocycles. The molecular formula is C29H28N6O2. The fourth-order valence-electron chi connectivity index (χ4n) is 4.10. The molecule has 0 bridgehead atoms. The minimum atomic E-state index is -0.114. The molecule has 186 valence electrons. The molecule has 0 aliphatic heterocycles. The molecule has 2 aromatic heterocycles. The molecule has 0 aliphatic rings. The first-order valence-corrected chi connectivity index (χ1v) is 12.0. The Morgan fingerprint density at radius 2 is 1.70 bits per heavy atom. The van der Waals surface area contributed by atoms with Crippen molar-refractivity contribution in [3.05, 3.63) is 103 Å². The molecule has 2 N–H and O–H groups in total. The molecule has 0 atom stereocenters. The number of aromatic nitrogens is 3. The van der Waals surface area contributed by atoms with Gasteiger partial charge in [0, 0.05) is 41.8 Å². The van der Waals surface area contributed by atoms with Crippen molar-refractivity contribution in [1.82, 2.24) is 24.8 Å². The first-order valence-electron chi connectivity index (χ1n) is 12.0. The van der Waals surface area contributed by atoms with Gasteiger partial charge in [-0.05, 0) is 74.3 Å². The first kappa shape index (κ1) is 24.0. The van der Waals surface area contributed by atoms with Crippen LogP contribution in [0.3, 0.4) is 0 Å². The van der Waals surface area contributed by atoms with Crippen molar-refractivity contribution in [2.24, 2.45) is 0 Å². The van der Waals surface area contributed by atoms with Crippen LogP contribution in [0.15, 0.2) is 97.3 Å². The molecule has 8 nitrogen and oxygen atoms in total. The van der Waals surface area contributed by atoms with E-state index in [2.05, 4.69) is 10.4 Å². The zero-order valence-electron chi connectivity index (χ0n) is 20.7. The highest BCUT2D eigenvalue weighted by Gasteiger charge is 2.17. The SMILES string of the molecule is CN(C)CCNC(=O)c1cccc(-c2cnn3ccc(N(c4ccccc4)c4ccc(O)cc4)nc23)c1. The Hall–Kier alpha value is -4.69. The highest BCUT2D eigenvalue weighted by molar-refractivity contribution is 5.96. The summed E-state index contributed by atoms with van der Waals surface area (Å²) in [6, 6.07) is 26.3. The maximum Gasteiger partial charge on any atom is 0.251 e. The van der Waals surface area contributed by atoms with E-state index in [1.165, 1.54) is 0 Å². The number of nitrogens with one attached hydrogen (secondary N) is 1. The van der Waals surface area contributed by atoms with E-state index >= 15 is 0 Å². The van der Waals surface area contributed by atoms with Crippen LogP contribution in [0.4, 0.5) is 17.2 Å². The molecule has 37 heavy (non-hydrogen) atoms. The third-order valence-electron chi connectivity index (χ3n) is 5.99. The standard InChI is InChI=1S/C29H28N6O2/c1-33(2)18-16-30-29(37)22-8-6-7-21(19-22)26-20-31-34-17-15-27(32-28(26)34)35(23-9-4-3-5-10-23)24-11-13-25(36)14-12-24/h3-15,17,19-20,36H,16,18H2,1-2H3,(H,30,37). The molecule has 3 aromatic carbocycles. The molecule has 2 heterocycles. The molecule has 5 aromatic rings. The summed E-state index contributed by atoms with van der Waals surface area (Å²) in [6.07, 6.45) is 3.64. The molecule has 5 rings (SSSR count). The van der Waals surface area contributed by atoms with Crippen LogP contribution >= 0.6 is 0 Å². The Bertz CT molecular complexity index is 1510. The number of phenols is 1. The number of rotatable bonds is 8. The maximum atomic E-state index is 12.7. The van der Waals surface area contributed by atoms with Crippen LogP contribution in [-0.4, -0.2) is 57.7 Å². The first-order chi connectivity index (χ1) is 18.0. The summed E-state index contributed by atoms with van der Waals surface area (Å²) in [5, 5.41) is 17.3. The molecule has 0 spiro atoms. The van der Waals surface area contributed by atoms with Gasteiger partial charge in [-0.1, -0.05) is 30.3 Å². The van der Waals surface area contributed by atoms with Crippen molar-refractivity contribution < 1.29 is 9.90 Å². The normalized spacial score (nSPS) is 11.1. The molecule has 0 unspecified atom stereocenters. The number of aromatic hydroxyl groups is 1. The molecule has 0 radical (unpaired) electrons. The average Bonchev–Trinajstić information content (AvgIpc) is 3.34. The zero-order chi connectivity index (χ0) is 25.8. The van der Waals surface area contributed by atoms with E-state index in [9.17, 15) is 9.90 Å². The molecule has 0 saturated heterocycles. The van der Waals surface area contributed by atoms with Gasteiger partial charge in [0.1, 0.15) is 11.6 Å². The number of nitrogens with zero attached hydrogens (tertiary/aromatic N) is 5. The van der Waals surface area contributed by atoms with Crippen LogP contribution in [0.1, 0.15) is 10.4 Å². The third-order valence-corrected chi connectivity index (χ3v) is 5.99. The number of hydrogen-bond donors (Lipinski definition) is 2. The van der Waals surface area contributed by atoms with E-state index in [0.717, 1.165) is 29.0 Å². The molecule has 0 aliphatic carbocycles. The average molecular weight is 493 g/mol. The third kappa shape index (κ3) is 5.29. The Morgan fingerprint density at radius 3 is 2.46 bits per heavy atom. The second kappa shape index (κ2) is 10.5. The van der Waals surface area contributed by atoms with Gasteiger partial charge < -0.3 is 15.3 Å².